The van der Waals surface area contributed by atoms with Crippen LogP contribution in [0.2, 0.25) is 0 Å². The van der Waals surface area contributed by atoms with Crippen LogP contribution in [-0.4, -0.2) is 32.1 Å². The highest BCUT2D eigenvalue weighted by molar-refractivity contribution is 4.69. The summed E-state index contributed by atoms with van der Waals surface area (Å²) in [6, 6.07) is 0.562. The van der Waals surface area contributed by atoms with Gasteiger partial charge in [0.1, 0.15) is 6.79 Å². The zero-order valence-corrected chi connectivity index (χ0v) is 8.88. The molecule has 0 saturated carbocycles. The Bertz CT molecular complexity index is 133. The molecular weight excluding hydrogens is 166 g/mol. The van der Waals surface area contributed by atoms with E-state index in [1.54, 1.807) is 0 Å². The molecule has 0 aromatic carbocycles. The highest BCUT2D eigenvalue weighted by Gasteiger charge is 2.15. The van der Waals surface area contributed by atoms with Crippen molar-refractivity contribution in [2.45, 2.75) is 39.3 Å². The molecule has 1 aliphatic rings. The van der Waals surface area contributed by atoms with Crippen LogP contribution in [0.3, 0.4) is 0 Å². The molecule has 3 nitrogen and oxygen atoms in total. The lowest BCUT2D eigenvalue weighted by Gasteiger charge is -2.25. The van der Waals surface area contributed by atoms with Crippen molar-refractivity contribution < 1.29 is 9.47 Å². The Morgan fingerprint density at radius 3 is 2.69 bits per heavy atom. The summed E-state index contributed by atoms with van der Waals surface area (Å²) in [7, 11) is 0. The van der Waals surface area contributed by atoms with Crippen molar-refractivity contribution in [2.24, 2.45) is 5.92 Å². The summed E-state index contributed by atoms with van der Waals surface area (Å²) < 4.78 is 10.5. The largest absolute Gasteiger partial charge is 0.355 e. The maximum absolute atomic E-state index is 5.42. The third kappa shape index (κ3) is 4.07. The molecule has 1 N–H and O–H groups in total. The molecule has 0 amide bonds. The monoisotopic (exact) mass is 187 g/mol. The molecule has 0 aliphatic carbocycles. The number of rotatable bonds is 4. The molecule has 1 aliphatic heterocycles. The van der Waals surface area contributed by atoms with Crippen molar-refractivity contribution in [2.75, 3.05) is 19.9 Å². The molecule has 78 valence electrons. The van der Waals surface area contributed by atoms with Gasteiger partial charge in [0.15, 0.2) is 0 Å². The van der Waals surface area contributed by atoms with E-state index in [4.69, 9.17) is 9.47 Å². The SMILES string of the molecule is CC(C)C(C)NCC1CCOCO1. The normalized spacial score (nSPS) is 26.3. The predicted octanol–water partition coefficient (Wildman–Crippen LogP) is 1.38. The predicted molar refractivity (Wildman–Crippen MR) is 52.6 cm³/mol. The molecule has 1 rings (SSSR count). The third-order valence-corrected chi connectivity index (χ3v) is 2.64. The van der Waals surface area contributed by atoms with Crippen LogP contribution in [-0.2, 0) is 9.47 Å². The zero-order chi connectivity index (χ0) is 9.68. The minimum absolute atomic E-state index is 0.343. The number of hydrogen-bond donors (Lipinski definition) is 1. The van der Waals surface area contributed by atoms with Gasteiger partial charge in [0, 0.05) is 12.6 Å². The molecule has 0 aromatic heterocycles. The summed E-state index contributed by atoms with van der Waals surface area (Å²) >= 11 is 0. The zero-order valence-electron chi connectivity index (χ0n) is 8.88. The molecule has 3 heteroatoms. The van der Waals surface area contributed by atoms with Crippen molar-refractivity contribution in [3.63, 3.8) is 0 Å². The first-order valence-corrected chi connectivity index (χ1v) is 5.13. The van der Waals surface area contributed by atoms with Crippen molar-refractivity contribution >= 4 is 0 Å². The number of ether oxygens (including phenoxy) is 2. The number of nitrogens with one attached hydrogen (secondary N) is 1. The second kappa shape index (κ2) is 5.58. The van der Waals surface area contributed by atoms with Crippen LogP contribution >= 0.6 is 0 Å². The van der Waals surface area contributed by atoms with Crippen molar-refractivity contribution in [3.8, 4) is 0 Å². The van der Waals surface area contributed by atoms with Gasteiger partial charge in [-0.3, -0.25) is 0 Å². The molecule has 0 radical (unpaired) electrons. The minimum atomic E-state index is 0.343. The van der Waals surface area contributed by atoms with E-state index < -0.39 is 0 Å². The van der Waals surface area contributed by atoms with E-state index in [-0.39, 0.29) is 0 Å². The fourth-order valence-electron chi connectivity index (χ4n) is 1.22. The fourth-order valence-corrected chi connectivity index (χ4v) is 1.22. The van der Waals surface area contributed by atoms with Gasteiger partial charge in [-0.05, 0) is 19.3 Å². The average molecular weight is 187 g/mol. The van der Waals surface area contributed by atoms with Crippen LogP contribution in [0.15, 0.2) is 0 Å². The Morgan fingerprint density at radius 1 is 1.38 bits per heavy atom. The lowest BCUT2D eigenvalue weighted by atomic mass is 10.1. The van der Waals surface area contributed by atoms with E-state index >= 15 is 0 Å². The molecule has 1 heterocycles. The smallest absolute Gasteiger partial charge is 0.147 e. The van der Waals surface area contributed by atoms with Crippen LogP contribution in [0.5, 0.6) is 0 Å². The van der Waals surface area contributed by atoms with Gasteiger partial charge < -0.3 is 14.8 Å². The first kappa shape index (κ1) is 11.0. The van der Waals surface area contributed by atoms with E-state index in [2.05, 4.69) is 26.1 Å². The van der Waals surface area contributed by atoms with Crippen LogP contribution in [0, 0.1) is 5.92 Å². The Labute approximate surface area is 80.8 Å². The summed E-state index contributed by atoms with van der Waals surface area (Å²) in [6.45, 7) is 8.91. The van der Waals surface area contributed by atoms with Crippen LogP contribution < -0.4 is 5.32 Å². The van der Waals surface area contributed by atoms with Gasteiger partial charge in [-0.1, -0.05) is 13.8 Å². The molecule has 0 spiro atoms. The van der Waals surface area contributed by atoms with Gasteiger partial charge in [0.2, 0.25) is 0 Å². The molecule has 1 saturated heterocycles. The maximum Gasteiger partial charge on any atom is 0.147 e. The summed E-state index contributed by atoms with van der Waals surface area (Å²) in [6.07, 6.45) is 1.35. The second-order valence-corrected chi connectivity index (χ2v) is 4.04. The second-order valence-electron chi connectivity index (χ2n) is 4.04. The fraction of sp³-hybridized carbons (Fsp3) is 1.00. The van der Waals surface area contributed by atoms with Gasteiger partial charge in [0.25, 0.3) is 0 Å². The van der Waals surface area contributed by atoms with E-state index in [9.17, 15) is 0 Å². The van der Waals surface area contributed by atoms with Crippen molar-refractivity contribution in [3.05, 3.63) is 0 Å². The van der Waals surface area contributed by atoms with Crippen molar-refractivity contribution in [1.82, 2.24) is 5.32 Å². The van der Waals surface area contributed by atoms with Gasteiger partial charge in [-0.15, -0.1) is 0 Å². The molecule has 0 aromatic rings. The number of hydrogen-bond acceptors (Lipinski definition) is 3. The minimum Gasteiger partial charge on any atom is -0.355 e. The highest BCUT2D eigenvalue weighted by Crippen LogP contribution is 2.06. The van der Waals surface area contributed by atoms with E-state index in [1.807, 2.05) is 0 Å². The van der Waals surface area contributed by atoms with Gasteiger partial charge >= 0.3 is 0 Å². The van der Waals surface area contributed by atoms with Crippen molar-refractivity contribution in [1.29, 1.82) is 0 Å². The molecular formula is C10H21NO2. The Morgan fingerprint density at radius 2 is 2.15 bits per heavy atom. The summed E-state index contributed by atoms with van der Waals surface area (Å²) in [5, 5.41) is 3.47. The lowest BCUT2D eigenvalue weighted by Crippen LogP contribution is -2.40. The lowest BCUT2D eigenvalue weighted by molar-refractivity contribution is -0.137. The molecule has 0 bridgehead atoms. The Hall–Kier alpha value is -0.120. The van der Waals surface area contributed by atoms with Gasteiger partial charge in [0.05, 0.1) is 12.7 Å². The topological polar surface area (TPSA) is 30.5 Å². The average Bonchev–Trinajstić information content (AvgIpc) is 2.15. The molecule has 2 atom stereocenters. The Kier molecular flexibility index (Phi) is 4.70. The van der Waals surface area contributed by atoms with Gasteiger partial charge in [-0.2, -0.15) is 0 Å². The maximum atomic E-state index is 5.42. The highest BCUT2D eigenvalue weighted by atomic mass is 16.7. The quantitative estimate of drug-likeness (QED) is 0.721. The molecule has 1 fully saturated rings. The van der Waals surface area contributed by atoms with Gasteiger partial charge in [-0.25, -0.2) is 0 Å². The van der Waals surface area contributed by atoms with E-state index in [0.29, 0.717) is 24.9 Å². The van der Waals surface area contributed by atoms with E-state index in [0.717, 1.165) is 19.6 Å². The standard InChI is InChI=1S/C10H21NO2/c1-8(2)9(3)11-6-10-4-5-12-7-13-10/h8-11H,4-7H2,1-3H3. The first-order valence-electron chi connectivity index (χ1n) is 5.13. The molecule has 2 unspecified atom stereocenters. The van der Waals surface area contributed by atoms with Crippen LogP contribution in [0.4, 0.5) is 0 Å². The van der Waals surface area contributed by atoms with E-state index in [1.165, 1.54) is 0 Å². The Balaban J connectivity index is 2.10. The summed E-state index contributed by atoms with van der Waals surface area (Å²) in [5.74, 6) is 0.680. The van der Waals surface area contributed by atoms with Crippen LogP contribution in [0.1, 0.15) is 27.2 Å². The summed E-state index contributed by atoms with van der Waals surface area (Å²) in [4.78, 5) is 0. The molecule has 13 heavy (non-hydrogen) atoms. The third-order valence-electron chi connectivity index (χ3n) is 2.64. The first-order chi connectivity index (χ1) is 6.20. The summed E-state index contributed by atoms with van der Waals surface area (Å²) in [5.41, 5.74) is 0. The van der Waals surface area contributed by atoms with Crippen LogP contribution in [0.25, 0.3) is 0 Å².